The molecule has 0 bridgehead atoms. The lowest BCUT2D eigenvalue weighted by atomic mass is 9.88. The third-order valence-electron chi connectivity index (χ3n) is 6.25. The third-order valence-corrected chi connectivity index (χ3v) is 7.14. The molecule has 1 saturated carbocycles. The number of primary sulfonamides is 1. The fourth-order valence-electron chi connectivity index (χ4n) is 4.36. The van der Waals surface area contributed by atoms with Crippen LogP contribution in [0.15, 0.2) is 53.6 Å². The van der Waals surface area contributed by atoms with Crippen LogP contribution in [0.4, 0.5) is 4.39 Å². The van der Waals surface area contributed by atoms with Gasteiger partial charge in [-0.1, -0.05) is 19.9 Å². The number of carboxylic acid groups (broad SMARTS) is 1. The van der Waals surface area contributed by atoms with Crippen molar-refractivity contribution < 1.29 is 27.4 Å². The summed E-state index contributed by atoms with van der Waals surface area (Å²) in [7, 11) is -3.82. The molecule has 1 fully saturated rings. The van der Waals surface area contributed by atoms with Crippen molar-refractivity contribution in [2.45, 2.75) is 56.3 Å². The average Bonchev–Trinajstić information content (AvgIpc) is 3.64. The number of nitrogens with zero attached hydrogens (tertiary/aromatic N) is 1. The van der Waals surface area contributed by atoms with E-state index in [0.717, 1.165) is 24.0 Å². The van der Waals surface area contributed by atoms with Gasteiger partial charge in [-0.2, -0.15) is 0 Å². The first-order chi connectivity index (χ1) is 17.0. The molecule has 2 aromatic carbocycles. The normalized spacial score (nSPS) is 13.7. The van der Waals surface area contributed by atoms with Gasteiger partial charge in [0.25, 0.3) is 0 Å². The third kappa shape index (κ3) is 6.27. The van der Waals surface area contributed by atoms with Crippen molar-refractivity contribution in [2.75, 3.05) is 6.61 Å². The molecular formula is C27H29FN2O5S. The predicted octanol–water partition coefficient (Wildman–Crippen LogP) is 4.78. The summed E-state index contributed by atoms with van der Waals surface area (Å²) in [5.74, 6) is -0.827. The minimum atomic E-state index is -3.82. The van der Waals surface area contributed by atoms with Gasteiger partial charge in [0.1, 0.15) is 5.82 Å². The zero-order valence-electron chi connectivity index (χ0n) is 20.2. The highest BCUT2D eigenvalue weighted by molar-refractivity contribution is 7.89. The van der Waals surface area contributed by atoms with Gasteiger partial charge in [0.2, 0.25) is 15.9 Å². The van der Waals surface area contributed by atoms with Gasteiger partial charge >= 0.3 is 5.97 Å². The second-order valence-corrected chi connectivity index (χ2v) is 11.0. The fourth-order valence-corrected chi connectivity index (χ4v) is 4.97. The van der Waals surface area contributed by atoms with E-state index in [1.165, 1.54) is 18.3 Å². The van der Waals surface area contributed by atoms with Crippen LogP contribution >= 0.6 is 0 Å². The second-order valence-electron chi connectivity index (χ2n) is 9.46. The number of benzene rings is 2. The molecule has 3 N–H and O–H groups in total. The topological polar surface area (TPSA) is 120 Å². The first kappa shape index (κ1) is 25.8. The van der Waals surface area contributed by atoms with Crippen LogP contribution in [-0.2, 0) is 27.7 Å². The Hall–Kier alpha value is -3.30. The highest BCUT2D eigenvalue weighted by atomic mass is 32.2. The number of aliphatic carboxylic acids is 1. The van der Waals surface area contributed by atoms with E-state index in [4.69, 9.17) is 9.88 Å². The van der Waals surface area contributed by atoms with Crippen molar-refractivity contribution in [3.63, 3.8) is 0 Å². The number of aromatic nitrogens is 1. The number of nitrogens with two attached hydrogens (primary N) is 1. The van der Waals surface area contributed by atoms with Crippen molar-refractivity contribution >= 4 is 16.0 Å². The number of pyridine rings is 1. The van der Waals surface area contributed by atoms with Crippen molar-refractivity contribution in [3.8, 4) is 17.0 Å². The molecule has 0 amide bonds. The van der Waals surface area contributed by atoms with E-state index in [-0.39, 0.29) is 23.8 Å². The number of halogens is 1. The summed E-state index contributed by atoms with van der Waals surface area (Å²) in [6.45, 7) is 4.02. The SMILES string of the molecule is CC(C)c1cc(F)cc(-c2ccnc(OCCc3cc(C4CC4)cc(S(N)(=O)=O)c3)c2)c1CC(=O)O. The highest BCUT2D eigenvalue weighted by Crippen LogP contribution is 2.41. The Morgan fingerprint density at radius 2 is 1.94 bits per heavy atom. The maximum atomic E-state index is 14.4. The van der Waals surface area contributed by atoms with Gasteiger partial charge in [-0.25, -0.2) is 22.9 Å². The van der Waals surface area contributed by atoms with Crippen molar-refractivity contribution in [1.29, 1.82) is 0 Å². The molecule has 0 radical (unpaired) electrons. The second kappa shape index (κ2) is 10.4. The number of carbonyl (C=O) groups is 1. The Morgan fingerprint density at radius 1 is 1.19 bits per heavy atom. The Balaban J connectivity index is 1.56. The number of ether oxygens (including phenoxy) is 1. The largest absolute Gasteiger partial charge is 0.481 e. The number of hydrogen-bond acceptors (Lipinski definition) is 5. The van der Waals surface area contributed by atoms with E-state index in [0.29, 0.717) is 40.5 Å². The van der Waals surface area contributed by atoms with E-state index in [9.17, 15) is 22.7 Å². The molecule has 0 spiro atoms. The summed E-state index contributed by atoms with van der Waals surface area (Å²) >= 11 is 0. The Kier molecular flexibility index (Phi) is 7.42. The summed E-state index contributed by atoms with van der Waals surface area (Å²) in [5.41, 5.74) is 4.06. The predicted molar refractivity (Wildman–Crippen MR) is 134 cm³/mol. The van der Waals surface area contributed by atoms with Gasteiger partial charge < -0.3 is 9.84 Å². The standard InChI is InChI=1S/C27H29FN2O5S/c1-16(2)23-13-21(28)14-24(25(23)15-27(31)32)19-5-7-30-26(12-19)35-8-6-17-9-20(18-3-4-18)11-22(10-17)36(29,33)34/h5,7,9-14,16,18H,3-4,6,8,15H2,1-2H3,(H,31,32)(H2,29,33,34). The molecular weight excluding hydrogens is 483 g/mol. The molecule has 0 saturated heterocycles. The van der Waals surface area contributed by atoms with Crippen LogP contribution in [0.25, 0.3) is 11.1 Å². The molecule has 1 heterocycles. The lowest BCUT2D eigenvalue weighted by Crippen LogP contribution is -2.13. The number of rotatable bonds is 10. The van der Waals surface area contributed by atoms with Crippen LogP contribution in [0.2, 0.25) is 0 Å². The first-order valence-electron chi connectivity index (χ1n) is 11.8. The van der Waals surface area contributed by atoms with Crippen molar-refractivity contribution in [3.05, 3.63) is 76.7 Å². The molecule has 7 nitrogen and oxygen atoms in total. The minimum absolute atomic E-state index is 0.0556. The van der Waals surface area contributed by atoms with Crippen LogP contribution in [0, 0.1) is 5.82 Å². The summed E-state index contributed by atoms with van der Waals surface area (Å²) in [4.78, 5) is 15.9. The van der Waals surface area contributed by atoms with E-state index in [1.807, 2.05) is 19.9 Å². The molecule has 1 aliphatic carbocycles. The lowest BCUT2D eigenvalue weighted by molar-refractivity contribution is -0.136. The maximum absolute atomic E-state index is 14.4. The summed E-state index contributed by atoms with van der Waals surface area (Å²) in [5, 5.41) is 14.8. The van der Waals surface area contributed by atoms with Gasteiger partial charge in [0, 0.05) is 18.7 Å². The first-order valence-corrected chi connectivity index (χ1v) is 13.4. The number of carboxylic acids is 1. The van der Waals surface area contributed by atoms with E-state index in [2.05, 4.69) is 4.98 Å². The summed E-state index contributed by atoms with van der Waals surface area (Å²) in [6, 6.07) is 11.2. The van der Waals surface area contributed by atoms with Crippen molar-refractivity contribution in [2.24, 2.45) is 5.14 Å². The minimum Gasteiger partial charge on any atom is -0.481 e. The Labute approximate surface area is 210 Å². The van der Waals surface area contributed by atoms with Gasteiger partial charge in [-0.05, 0) is 88.4 Å². The fraction of sp³-hybridized carbons (Fsp3) is 0.333. The maximum Gasteiger partial charge on any atom is 0.307 e. The number of hydrogen-bond donors (Lipinski definition) is 2. The molecule has 0 unspecified atom stereocenters. The molecule has 3 aromatic rings. The van der Waals surface area contributed by atoms with Crippen molar-refractivity contribution in [1.82, 2.24) is 4.98 Å². The average molecular weight is 513 g/mol. The van der Waals surface area contributed by atoms with E-state index >= 15 is 0 Å². The lowest BCUT2D eigenvalue weighted by Gasteiger charge is -2.17. The Bertz CT molecular complexity index is 1400. The molecule has 36 heavy (non-hydrogen) atoms. The zero-order valence-corrected chi connectivity index (χ0v) is 21.0. The summed E-state index contributed by atoms with van der Waals surface area (Å²) in [6.07, 6.45) is 3.80. The van der Waals surface area contributed by atoms with Gasteiger partial charge in [-0.15, -0.1) is 0 Å². The molecule has 9 heteroatoms. The summed E-state index contributed by atoms with van der Waals surface area (Å²) < 4.78 is 44.1. The zero-order chi connectivity index (χ0) is 26.0. The van der Waals surface area contributed by atoms with Crippen LogP contribution < -0.4 is 9.88 Å². The molecule has 0 aliphatic heterocycles. The van der Waals surface area contributed by atoms with E-state index < -0.39 is 21.8 Å². The van der Waals surface area contributed by atoms with Gasteiger partial charge in [0.15, 0.2) is 0 Å². The Morgan fingerprint density at radius 3 is 2.58 bits per heavy atom. The highest BCUT2D eigenvalue weighted by Gasteiger charge is 2.25. The molecule has 4 rings (SSSR count). The monoisotopic (exact) mass is 512 g/mol. The smallest absolute Gasteiger partial charge is 0.307 e. The quantitative estimate of drug-likeness (QED) is 0.403. The van der Waals surface area contributed by atoms with Gasteiger partial charge in [0.05, 0.1) is 17.9 Å². The molecule has 0 atom stereocenters. The van der Waals surface area contributed by atoms with Crippen LogP contribution in [0.3, 0.4) is 0 Å². The van der Waals surface area contributed by atoms with Crippen LogP contribution in [-0.4, -0.2) is 31.1 Å². The molecule has 1 aromatic heterocycles. The molecule has 1 aliphatic rings. The van der Waals surface area contributed by atoms with Crippen LogP contribution in [0.1, 0.15) is 60.8 Å². The molecule has 190 valence electrons. The van der Waals surface area contributed by atoms with E-state index in [1.54, 1.807) is 24.3 Å². The van der Waals surface area contributed by atoms with Gasteiger partial charge in [-0.3, -0.25) is 4.79 Å². The van der Waals surface area contributed by atoms with Crippen LogP contribution in [0.5, 0.6) is 5.88 Å². The number of sulfonamides is 1.